The molecule has 92 valence electrons. The number of benzene rings is 1. The van der Waals surface area contributed by atoms with E-state index < -0.39 is 0 Å². The summed E-state index contributed by atoms with van der Waals surface area (Å²) in [5.41, 5.74) is 1.28. The van der Waals surface area contributed by atoms with Gasteiger partial charge in [-0.1, -0.05) is 29.8 Å². The molecule has 17 heavy (non-hydrogen) atoms. The van der Waals surface area contributed by atoms with Crippen LogP contribution in [0.3, 0.4) is 0 Å². The van der Waals surface area contributed by atoms with Gasteiger partial charge in [0.25, 0.3) is 0 Å². The molecule has 0 amide bonds. The van der Waals surface area contributed by atoms with Crippen molar-refractivity contribution in [2.75, 3.05) is 26.2 Å². The minimum Gasteiger partial charge on any atom is -0.314 e. The maximum Gasteiger partial charge on any atom is 0.0488 e. The minimum atomic E-state index is 0.457. The zero-order valence-electron chi connectivity index (χ0n) is 10.0. The van der Waals surface area contributed by atoms with Crippen LogP contribution in [0.2, 0.25) is 5.02 Å². The molecule has 1 saturated carbocycles. The molecule has 0 aromatic heterocycles. The number of rotatable bonds is 3. The van der Waals surface area contributed by atoms with Crippen LogP contribution in [-0.4, -0.2) is 31.1 Å². The van der Waals surface area contributed by atoms with Crippen molar-refractivity contribution in [3.63, 3.8) is 0 Å². The molecule has 1 aliphatic heterocycles. The molecule has 0 spiro atoms. The molecular formula is C14H19ClN2. The Hall–Kier alpha value is -0.570. The van der Waals surface area contributed by atoms with Gasteiger partial charge in [-0.2, -0.15) is 0 Å². The van der Waals surface area contributed by atoms with Gasteiger partial charge in [0, 0.05) is 37.2 Å². The molecule has 1 unspecified atom stereocenters. The molecule has 1 heterocycles. The minimum absolute atomic E-state index is 0.457. The van der Waals surface area contributed by atoms with Crippen molar-refractivity contribution in [1.82, 2.24) is 10.2 Å². The maximum absolute atomic E-state index is 6.32. The second-order valence-electron chi connectivity index (χ2n) is 5.18. The molecule has 1 aliphatic carbocycles. The van der Waals surface area contributed by atoms with Crippen LogP contribution < -0.4 is 5.32 Å². The Morgan fingerprint density at radius 2 is 2.12 bits per heavy atom. The van der Waals surface area contributed by atoms with E-state index in [1.54, 1.807) is 0 Å². The molecule has 1 saturated heterocycles. The summed E-state index contributed by atoms with van der Waals surface area (Å²) in [6, 6.07) is 8.72. The Bertz CT molecular complexity index is 390. The highest BCUT2D eigenvalue weighted by Gasteiger charge is 2.30. The van der Waals surface area contributed by atoms with Crippen LogP contribution >= 0.6 is 11.6 Å². The molecule has 1 aromatic carbocycles. The third-order valence-corrected chi connectivity index (χ3v) is 4.15. The predicted octanol–water partition coefficient (Wildman–Crippen LogP) is 2.70. The number of nitrogens with one attached hydrogen (secondary N) is 1. The third-order valence-electron chi connectivity index (χ3n) is 3.81. The maximum atomic E-state index is 6.32. The predicted molar refractivity (Wildman–Crippen MR) is 71.4 cm³/mol. The molecule has 3 heteroatoms. The Morgan fingerprint density at radius 1 is 1.29 bits per heavy atom. The van der Waals surface area contributed by atoms with Gasteiger partial charge >= 0.3 is 0 Å². The van der Waals surface area contributed by atoms with E-state index in [1.807, 2.05) is 12.1 Å². The molecule has 1 atom stereocenters. The van der Waals surface area contributed by atoms with Crippen molar-refractivity contribution < 1.29 is 0 Å². The molecule has 1 N–H and O–H groups in total. The second kappa shape index (κ2) is 4.97. The van der Waals surface area contributed by atoms with Gasteiger partial charge in [-0.3, -0.25) is 4.90 Å². The van der Waals surface area contributed by atoms with Crippen LogP contribution in [0.5, 0.6) is 0 Å². The normalized spacial score (nSPS) is 26.1. The first-order chi connectivity index (χ1) is 8.34. The summed E-state index contributed by atoms with van der Waals surface area (Å²) < 4.78 is 0. The number of hydrogen-bond acceptors (Lipinski definition) is 2. The number of nitrogens with zero attached hydrogens (tertiary/aromatic N) is 1. The fourth-order valence-electron chi connectivity index (χ4n) is 2.65. The van der Waals surface area contributed by atoms with Gasteiger partial charge in [0.15, 0.2) is 0 Å². The summed E-state index contributed by atoms with van der Waals surface area (Å²) in [6.45, 7) is 4.52. The van der Waals surface area contributed by atoms with Crippen molar-refractivity contribution in [2.45, 2.75) is 18.9 Å². The first-order valence-electron chi connectivity index (χ1n) is 6.54. The van der Waals surface area contributed by atoms with Gasteiger partial charge in [-0.25, -0.2) is 0 Å². The standard InChI is InChI=1S/C14H19ClN2/c15-13-4-2-1-3-12(13)14-9-16-7-8-17(14)10-11-5-6-11/h1-4,11,14,16H,5-10H2. The summed E-state index contributed by atoms with van der Waals surface area (Å²) in [5.74, 6) is 0.943. The van der Waals surface area contributed by atoms with Crippen molar-refractivity contribution in [3.05, 3.63) is 34.9 Å². The van der Waals surface area contributed by atoms with Crippen LogP contribution in [0, 0.1) is 5.92 Å². The second-order valence-corrected chi connectivity index (χ2v) is 5.59. The lowest BCUT2D eigenvalue weighted by molar-refractivity contribution is 0.155. The Kier molecular flexibility index (Phi) is 3.37. The Morgan fingerprint density at radius 3 is 2.88 bits per heavy atom. The monoisotopic (exact) mass is 250 g/mol. The van der Waals surface area contributed by atoms with Crippen molar-refractivity contribution in [3.8, 4) is 0 Å². The highest BCUT2D eigenvalue weighted by Crippen LogP contribution is 2.34. The lowest BCUT2D eigenvalue weighted by Gasteiger charge is -2.37. The van der Waals surface area contributed by atoms with Crippen molar-refractivity contribution >= 4 is 11.6 Å². The van der Waals surface area contributed by atoms with E-state index >= 15 is 0 Å². The van der Waals surface area contributed by atoms with Gasteiger partial charge in [0.1, 0.15) is 0 Å². The molecular weight excluding hydrogens is 232 g/mol. The lowest BCUT2D eigenvalue weighted by Crippen LogP contribution is -2.46. The van der Waals surface area contributed by atoms with E-state index in [0.717, 1.165) is 30.6 Å². The van der Waals surface area contributed by atoms with E-state index in [1.165, 1.54) is 24.9 Å². The highest BCUT2D eigenvalue weighted by molar-refractivity contribution is 6.31. The Balaban J connectivity index is 1.80. The summed E-state index contributed by atoms with van der Waals surface area (Å²) in [7, 11) is 0. The molecule has 2 nitrogen and oxygen atoms in total. The summed E-state index contributed by atoms with van der Waals surface area (Å²) in [4.78, 5) is 2.61. The zero-order chi connectivity index (χ0) is 11.7. The lowest BCUT2D eigenvalue weighted by atomic mass is 10.0. The van der Waals surface area contributed by atoms with E-state index in [0.29, 0.717) is 6.04 Å². The number of hydrogen-bond donors (Lipinski definition) is 1. The van der Waals surface area contributed by atoms with Gasteiger partial charge in [0.2, 0.25) is 0 Å². The zero-order valence-corrected chi connectivity index (χ0v) is 10.8. The average Bonchev–Trinajstić information content (AvgIpc) is 3.15. The van der Waals surface area contributed by atoms with E-state index in [9.17, 15) is 0 Å². The molecule has 2 aliphatic rings. The SMILES string of the molecule is Clc1ccccc1C1CNCCN1CC1CC1. The highest BCUT2D eigenvalue weighted by atomic mass is 35.5. The van der Waals surface area contributed by atoms with Crippen molar-refractivity contribution in [1.29, 1.82) is 0 Å². The van der Waals surface area contributed by atoms with Gasteiger partial charge < -0.3 is 5.32 Å². The molecule has 0 bridgehead atoms. The summed E-state index contributed by atoms with van der Waals surface area (Å²) >= 11 is 6.32. The average molecular weight is 251 g/mol. The Labute approximate surface area is 108 Å². The molecule has 0 radical (unpaired) electrons. The fraction of sp³-hybridized carbons (Fsp3) is 0.571. The van der Waals surface area contributed by atoms with Gasteiger partial charge in [-0.15, -0.1) is 0 Å². The fourth-order valence-corrected chi connectivity index (χ4v) is 2.91. The van der Waals surface area contributed by atoms with E-state index in [-0.39, 0.29) is 0 Å². The quantitative estimate of drug-likeness (QED) is 0.888. The largest absolute Gasteiger partial charge is 0.314 e. The first kappa shape index (κ1) is 11.5. The smallest absolute Gasteiger partial charge is 0.0488 e. The van der Waals surface area contributed by atoms with Crippen molar-refractivity contribution in [2.24, 2.45) is 5.92 Å². The van der Waals surface area contributed by atoms with Crippen LogP contribution in [0.4, 0.5) is 0 Å². The number of halogens is 1. The van der Waals surface area contributed by atoms with Crippen LogP contribution in [0.15, 0.2) is 24.3 Å². The van der Waals surface area contributed by atoms with Crippen LogP contribution in [-0.2, 0) is 0 Å². The third kappa shape index (κ3) is 2.65. The van der Waals surface area contributed by atoms with Crippen LogP contribution in [0.1, 0.15) is 24.4 Å². The number of piperazine rings is 1. The van der Waals surface area contributed by atoms with Gasteiger partial charge in [-0.05, 0) is 30.4 Å². The first-order valence-corrected chi connectivity index (χ1v) is 6.91. The summed E-state index contributed by atoms with van der Waals surface area (Å²) in [6.07, 6.45) is 2.83. The summed E-state index contributed by atoms with van der Waals surface area (Å²) in [5, 5.41) is 4.39. The van der Waals surface area contributed by atoms with Gasteiger partial charge in [0.05, 0.1) is 0 Å². The molecule has 2 fully saturated rings. The topological polar surface area (TPSA) is 15.3 Å². The van der Waals surface area contributed by atoms with E-state index in [2.05, 4.69) is 22.3 Å². The molecule has 3 rings (SSSR count). The van der Waals surface area contributed by atoms with Crippen LogP contribution in [0.25, 0.3) is 0 Å². The van der Waals surface area contributed by atoms with E-state index in [4.69, 9.17) is 11.6 Å². The molecule has 1 aromatic rings.